The molecule has 6 heterocycles. The Bertz CT molecular complexity index is 2580. The number of halogens is 1. The monoisotopic (exact) mass is 893 g/mol. The van der Waals surface area contributed by atoms with E-state index in [0.29, 0.717) is 39.6 Å². The van der Waals surface area contributed by atoms with Crippen molar-refractivity contribution in [3.8, 4) is 5.75 Å². The quantitative estimate of drug-likeness (QED) is 0.166. The van der Waals surface area contributed by atoms with E-state index in [1.165, 1.54) is 7.05 Å². The van der Waals surface area contributed by atoms with Gasteiger partial charge in [0.25, 0.3) is 23.3 Å². The summed E-state index contributed by atoms with van der Waals surface area (Å²) in [6, 6.07) is 12.1. The Morgan fingerprint density at radius 1 is 0.906 bits per heavy atom. The Hall–Kier alpha value is -5.91. The fourth-order valence-corrected chi connectivity index (χ4v) is 9.85. The Morgan fingerprint density at radius 2 is 1.66 bits per heavy atom. The SMILES string of the molecule is CNC(=O)COc1cc2cc(Nc3nc(N4CCC(O[C@H]5C[C@@H](N6CCC(c7ccc8c(c7)C(=O)N(C7CCC(=O)NC7=O)C8=O)CC6)C5)CC4)ncc3Cl)ccc2n(C(C)C)c1=O. The molecule has 17 nitrogen and oxygen atoms in total. The van der Waals surface area contributed by atoms with E-state index in [1.54, 1.807) is 22.9 Å². The highest BCUT2D eigenvalue weighted by atomic mass is 35.5. The number of likely N-dealkylation sites (N-methyl/N-ethyl adjacent to an activating group) is 1. The second-order valence-corrected chi connectivity index (χ2v) is 18.0. The molecule has 2 aromatic carbocycles. The number of ether oxygens (including phenoxy) is 2. The summed E-state index contributed by atoms with van der Waals surface area (Å²) >= 11 is 6.59. The third kappa shape index (κ3) is 8.55. The smallest absolute Gasteiger partial charge is 0.293 e. The van der Waals surface area contributed by atoms with Gasteiger partial charge in [0.05, 0.1) is 35.0 Å². The first-order valence-electron chi connectivity index (χ1n) is 22.2. The molecule has 5 amide bonds. The molecule has 336 valence electrons. The van der Waals surface area contributed by atoms with Crippen LogP contribution in [0.25, 0.3) is 10.9 Å². The van der Waals surface area contributed by atoms with Gasteiger partial charge >= 0.3 is 0 Å². The molecule has 0 bridgehead atoms. The van der Waals surface area contributed by atoms with Crippen LogP contribution >= 0.6 is 11.6 Å². The fraction of sp³-hybridized carbons (Fsp3) is 0.478. The number of rotatable bonds is 12. The predicted octanol–water partition coefficient (Wildman–Crippen LogP) is 4.69. The highest BCUT2D eigenvalue weighted by Crippen LogP contribution is 2.38. The Labute approximate surface area is 374 Å². The van der Waals surface area contributed by atoms with Crippen LogP contribution in [0.4, 0.5) is 17.5 Å². The molecule has 0 spiro atoms. The van der Waals surface area contributed by atoms with Crippen LogP contribution in [0.3, 0.4) is 0 Å². The van der Waals surface area contributed by atoms with E-state index in [-0.39, 0.29) is 60.8 Å². The lowest BCUT2D eigenvalue weighted by atomic mass is 9.83. The number of piperidine rings is 3. The van der Waals surface area contributed by atoms with Gasteiger partial charge in [0.15, 0.2) is 18.2 Å². The molecule has 0 radical (unpaired) electrons. The van der Waals surface area contributed by atoms with Crippen molar-refractivity contribution in [2.24, 2.45) is 0 Å². The van der Waals surface area contributed by atoms with Gasteiger partial charge in [0.1, 0.15) is 11.1 Å². The average molecular weight is 894 g/mol. The summed E-state index contributed by atoms with van der Waals surface area (Å²) in [5.74, 6) is -0.893. The number of carbonyl (C=O) groups excluding carboxylic acids is 5. The van der Waals surface area contributed by atoms with Gasteiger partial charge in [-0.2, -0.15) is 4.98 Å². The van der Waals surface area contributed by atoms with Crippen LogP contribution in [-0.4, -0.2) is 118 Å². The molecule has 9 rings (SSSR count). The number of benzene rings is 2. The summed E-state index contributed by atoms with van der Waals surface area (Å²) in [6.45, 7) is 6.95. The van der Waals surface area contributed by atoms with Crippen molar-refractivity contribution in [1.29, 1.82) is 0 Å². The first-order chi connectivity index (χ1) is 30.8. The second-order valence-electron chi connectivity index (χ2n) is 17.6. The first-order valence-corrected chi connectivity index (χ1v) is 22.5. The number of hydrogen-bond acceptors (Lipinski definition) is 13. The number of fused-ring (bicyclic) bond motifs is 2. The van der Waals surface area contributed by atoms with Crippen molar-refractivity contribution in [3.05, 3.63) is 80.7 Å². The van der Waals surface area contributed by atoms with E-state index in [0.717, 1.165) is 86.1 Å². The summed E-state index contributed by atoms with van der Waals surface area (Å²) in [7, 11) is 1.51. The van der Waals surface area contributed by atoms with Crippen LogP contribution in [0.15, 0.2) is 53.5 Å². The molecule has 4 fully saturated rings. The lowest BCUT2D eigenvalue weighted by Gasteiger charge is -2.47. The minimum atomic E-state index is -0.970. The number of hydrogen-bond donors (Lipinski definition) is 3. The lowest BCUT2D eigenvalue weighted by molar-refractivity contribution is -0.136. The van der Waals surface area contributed by atoms with Gasteiger partial charge in [-0.3, -0.25) is 39.0 Å². The number of carbonyl (C=O) groups is 5. The molecule has 64 heavy (non-hydrogen) atoms. The normalized spacial score (nSPS) is 22.2. The molecular weight excluding hydrogens is 842 g/mol. The third-order valence-corrected chi connectivity index (χ3v) is 13.6. The highest BCUT2D eigenvalue weighted by molar-refractivity contribution is 6.33. The van der Waals surface area contributed by atoms with Gasteiger partial charge < -0.3 is 34.5 Å². The minimum Gasteiger partial charge on any atom is -0.478 e. The topological polar surface area (TPSA) is 197 Å². The number of aromatic nitrogens is 3. The predicted molar refractivity (Wildman–Crippen MR) is 238 cm³/mol. The molecule has 5 aliphatic rings. The molecule has 1 atom stereocenters. The van der Waals surface area contributed by atoms with Gasteiger partial charge in [-0.1, -0.05) is 17.7 Å². The molecule has 3 N–H and O–H groups in total. The molecule has 3 saturated heterocycles. The zero-order valence-corrected chi connectivity index (χ0v) is 36.9. The number of likely N-dealkylation sites (tertiary alicyclic amines) is 1. The Morgan fingerprint density at radius 3 is 2.38 bits per heavy atom. The molecule has 4 aliphatic heterocycles. The Kier molecular flexibility index (Phi) is 12.1. The number of pyridine rings is 1. The van der Waals surface area contributed by atoms with Crippen molar-refractivity contribution in [1.82, 2.24) is 35.0 Å². The maximum absolute atomic E-state index is 13.4. The summed E-state index contributed by atoms with van der Waals surface area (Å²) in [4.78, 5) is 90.8. The minimum absolute atomic E-state index is 0.0873. The maximum Gasteiger partial charge on any atom is 0.293 e. The molecule has 4 aromatic rings. The number of nitrogens with zero attached hydrogens (tertiary/aromatic N) is 6. The first kappa shape index (κ1) is 43.3. The second kappa shape index (κ2) is 17.9. The lowest BCUT2D eigenvalue weighted by Crippen LogP contribution is -2.54. The summed E-state index contributed by atoms with van der Waals surface area (Å²) in [5.41, 5.74) is 2.81. The zero-order chi connectivity index (χ0) is 44.8. The van der Waals surface area contributed by atoms with Crippen LogP contribution < -0.4 is 31.1 Å². The van der Waals surface area contributed by atoms with Crippen molar-refractivity contribution < 1.29 is 33.4 Å². The van der Waals surface area contributed by atoms with E-state index in [4.69, 9.17) is 26.1 Å². The standard InChI is InChI=1S/C46H52ClN9O8/c1-25(2)55-36-7-5-29(18-28(36)20-38(45(55)62)63-24-40(58)48-3)50-41-35(47)23-49-46(52-41)54-16-12-31(13-17-54)64-32-21-30(22-32)53-14-10-26(11-15-53)27-4-6-33-34(19-27)44(61)56(43(33)60)37-8-9-39(57)51-42(37)59/h4-7,18-20,23,25-26,30-32,37H,8-17,21-22,24H2,1-3H3,(H,48,58)(H,49,50,52)(H,51,57,59)/t30-,32+,37?. The maximum atomic E-state index is 13.4. The van der Waals surface area contributed by atoms with Gasteiger partial charge in [0, 0.05) is 49.7 Å². The van der Waals surface area contributed by atoms with Gasteiger partial charge in [-0.25, -0.2) is 4.98 Å². The summed E-state index contributed by atoms with van der Waals surface area (Å²) in [6.07, 6.45) is 7.82. The fourth-order valence-electron chi connectivity index (χ4n) is 9.72. The number of amides is 5. The summed E-state index contributed by atoms with van der Waals surface area (Å²) in [5, 5.41) is 9.19. The van der Waals surface area contributed by atoms with E-state index in [2.05, 4.69) is 30.7 Å². The van der Waals surface area contributed by atoms with E-state index < -0.39 is 29.7 Å². The molecule has 1 unspecified atom stereocenters. The Balaban J connectivity index is 0.745. The van der Waals surface area contributed by atoms with Gasteiger partial charge in [-0.05, 0) is 120 Å². The molecule has 1 saturated carbocycles. The molecular formula is C46H52ClN9O8. The number of imide groups is 2. The van der Waals surface area contributed by atoms with Crippen LogP contribution in [0.2, 0.25) is 5.02 Å². The van der Waals surface area contributed by atoms with Crippen LogP contribution in [0.1, 0.15) is 103 Å². The largest absolute Gasteiger partial charge is 0.478 e. The average Bonchev–Trinajstić information content (AvgIpc) is 3.52. The third-order valence-electron chi connectivity index (χ3n) is 13.3. The number of anilines is 3. The van der Waals surface area contributed by atoms with Crippen LogP contribution in [0.5, 0.6) is 5.75 Å². The van der Waals surface area contributed by atoms with Crippen LogP contribution in [0, 0.1) is 0 Å². The van der Waals surface area contributed by atoms with Crippen molar-refractivity contribution >= 4 is 69.5 Å². The van der Waals surface area contributed by atoms with Crippen molar-refractivity contribution in [2.45, 2.75) is 101 Å². The van der Waals surface area contributed by atoms with E-state index in [1.807, 2.05) is 44.2 Å². The molecule has 18 heteroatoms. The van der Waals surface area contributed by atoms with Crippen molar-refractivity contribution in [2.75, 3.05) is 50.1 Å². The zero-order valence-electron chi connectivity index (χ0n) is 36.1. The van der Waals surface area contributed by atoms with Crippen molar-refractivity contribution in [3.63, 3.8) is 0 Å². The van der Waals surface area contributed by atoms with E-state index >= 15 is 0 Å². The number of nitrogens with one attached hydrogen (secondary N) is 3. The van der Waals surface area contributed by atoms with Crippen LogP contribution in [-0.2, 0) is 19.1 Å². The van der Waals surface area contributed by atoms with E-state index in [9.17, 15) is 28.8 Å². The highest BCUT2D eigenvalue weighted by Gasteiger charge is 2.45. The molecule has 1 aliphatic carbocycles. The summed E-state index contributed by atoms with van der Waals surface area (Å²) < 4.78 is 13.9. The molecule has 2 aromatic heterocycles. The van der Waals surface area contributed by atoms with Gasteiger partial charge in [-0.15, -0.1) is 0 Å². The van der Waals surface area contributed by atoms with Gasteiger partial charge in [0.2, 0.25) is 17.8 Å².